The highest BCUT2D eigenvalue weighted by Crippen LogP contribution is 2.29. The Balaban J connectivity index is 1.93. The Labute approximate surface area is 169 Å². The second-order valence-corrected chi connectivity index (χ2v) is 9.08. The zero-order valence-electron chi connectivity index (χ0n) is 16.2. The standard InChI is InChI=1S/C20H24N2O6S/c1-27-19-8-3-13(9-20(19)28-2)17(23)10-22(15-6-4-14(21)5-7-15)16-11-29(25,26)12-18(16)24/h3-9,16,18,24H,10-12,21H2,1-2H3/t16-,18-/m1/s1. The van der Waals surface area contributed by atoms with E-state index in [2.05, 4.69) is 0 Å². The number of ether oxygens (including phenoxy) is 2. The molecule has 0 saturated carbocycles. The molecular weight excluding hydrogens is 396 g/mol. The van der Waals surface area contributed by atoms with Gasteiger partial charge in [0, 0.05) is 16.9 Å². The Hall–Kier alpha value is -2.78. The number of ketones is 1. The number of hydrogen-bond acceptors (Lipinski definition) is 8. The molecule has 0 unspecified atom stereocenters. The van der Waals surface area contributed by atoms with Crippen molar-refractivity contribution in [3.05, 3.63) is 48.0 Å². The lowest BCUT2D eigenvalue weighted by molar-refractivity contribution is 0.0990. The summed E-state index contributed by atoms with van der Waals surface area (Å²) in [5, 5.41) is 10.4. The number of sulfone groups is 1. The van der Waals surface area contributed by atoms with E-state index in [1.807, 2.05) is 0 Å². The SMILES string of the molecule is COc1ccc(C(=O)CN(c2ccc(N)cc2)[C@@H]2CS(=O)(=O)C[C@H]2O)cc1OC. The molecule has 0 bridgehead atoms. The summed E-state index contributed by atoms with van der Waals surface area (Å²) in [6, 6.07) is 10.8. The predicted molar refractivity (Wildman–Crippen MR) is 111 cm³/mol. The molecule has 1 aliphatic rings. The first-order valence-electron chi connectivity index (χ1n) is 9.00. The minimum atomic E-state index is -3.39. The topological polar surface area (TPSA) is 119 Å². The minimum Gasteiger partial charge on any atom is -0.493 e. The van der Waals surface area contributed by atoms with Gasteiger partial charge in [0.2, 0.25) is 0 Å². The molecule has 1 saturated heterocycles. The Morgan fingerprint density at radius 1 is 1.10 bits per heavy atom. The Bertz CT molecular complexity index is 991. The van der Waals surface area contributed by atoms with E-state index in [4.69, 9.17) is 15.2 Å². The van der Waals surface area contributed by atoms with Crippen LogP contribution in [0.15, 0.2) is 42.5 Å². The summed E-state index contributed by atoms with van der Waals surface area (Å²) in [7, 11) is -0.407. The van der Waals surface area contributed by atoms with Crippen LogP contribution in [0.2, 0.25) is 0 Å². The number of aliphatic hydroxyl groups is 1. The van der Waals surface area contributed by atoms with Gasteiger partial charge in [-0.3, -0.25) is 4.79 Å². The Morgan fingerprint density at radius 3 is 2.31 bits per heavy atom. The first kappa shape index (κ1) is 20.9. The lowest BCUT2D eigenvalue weighted by atomic mass is 10.1. The molecule has 0 spiro atoms. The third-order valence-corrected chi connectivity index (χ3v) is 6.64. The average Bonchev–Trinajstić information content (AvgIpc) is 2.98. The number of aliphatic hydroxyl groups excluding tert-OH is 1. The van der Waals surface area contributed by atoms with Crippen LogP contribution >= 0.6 is 0 Å². The molecular formula is C20H24N2O6S. The normalized spacial score (nSPS) is 20.2. The zero-order valence-corrected chi connectivity index (χ0v) is 17.1. The van der Waals surface area contributed by atoms with Crippen molar-refractivity contribution in [2.75, 3.05) is 42.9 Å². The van der Waals surface area contributed by atoms with Gasteiger partial charge in [-0.2, -0.15) is 0 Å². The summed E-state index contributed by atoms with van der Waals surface area (Å²) in [5.74, 6) is 0.114. The quantitative estimate of drug-likeness (QED) is 0.505. The number of rotatable bonds is 7. The first-order chi connectivity index (χ1) is 13.7. The van der Waals surface area contributed by atoms with Crippen LogP contribution in [-0.4, -0.2) is 63.7 Å². The molecule has 1 fully saturated rings. The number of benzene rings is 2. The van der Waals surface area contributed by atoms with Gasteiger partial charge in [0.25, 0.3) is 0 Å². The predicted octanol–water partition coefficient (Wildman–Crippen LogP) is 1.13. The van der Waals surface area contributed by atoms with Gasteiger partial charge >= 0.3 is 0 Å². The molecule has 0 radical (unpaired) electrons. The van der Waals surface area contributed by atoms with Crippen LogP contribution in [0.3, 0.4) is 0 Å². The lowest BCUT2D eigenvalue weighted by Crippen LogP contribution is -2.46. The van der Waals surface area contributed by atoms with Crippen molar-refractivity contribution in [3.8, 4) is 11.5 Å². The molecule has 0 amide bonds. The van der Waals surface area contributed by atoms with Crippen LogP contribution in [0.4, 0.5) is 11.4 Å². The van der Waals surface area contributed by atoms with Gasteiger partial charge in [0.15, 0.2) is 27.1 Å². The van der Waals surface area contributed by atoms with Crippen LogP contribution in [0, 0.1) is 0 Å². The molecule has 3 rings (SSSR count). The van der Waals surface area contributed by atoms with E-state index in [-0.39, 0.29) is 23.8 Å². The number of methoxy groups -OCH3 is 2. The van der Waals surface area contributed by atoms with Crippen LogP contribution in [0.25, 0.3) is 0 Å². The molecule has 1 heterocycles. The molecule has 29 heavy (non-hydrogen) atoms. The second kappa shape index (κ2) is 8.30. The molecule has 1 aliphatic heterocycles. The summed E-state index contributed by atoms with van der Waals surface area (Å²) in [4.78, 5) is 14.6. The van der Waals surface area contributed by atoms with E-state index < -0.39 is 22.0 Å². The number of carbonyl (C=O) groups is 1. The summed E-state index contributed by atoms with van der Waals surface area (Å²) in [6.07, 6.45) is -1.09. The molecule has 0 aliphatic carbocycles. The Kier molecular flexibility index (Phi) is 5.99. The fourth-order valence-electron chi connectivity index (χ4n) is 3.43. The molecule has 3 N–H and O–H groups in total. The van der Waals surface area contributed by atoms with Gasteiger partial charge in [-0.1, -0.05) is 0 Å². The van der Waals surface area contributed by atoms with E-state index in [0.29, 0.717) is 28.4 Å². The lowest BCUT2D eigenvalue weighted by Gasteiger charge is -2.32. The number of nitrogen functional groups attached to an aromatic ring is 1. The average molecular weight is 420 g/mol. The summed E-state index contributed by atoms with van der Waals surface area (Å²) >= 11 is 0. The highest BCUT2D eigenvalue weighted by Gasteiger charge is 2.40. The zero-order chi connectivity index (χ0) is 21.2. The van der Waals surface area contributed by atoms with E-state index in [0.717, 1.165) is 0 Å². The highest BCUT2D eigenvalue weighted by atomic mass is 32.2. The van der Waals surface area contributed by atoms with Gasteiger partial charge in [0.05, 0.1) is 44.4 Å². The van der Waals surface area contributed by atoms with Gasteiger partial charge in [-0.15, -0.1) is 0 Å². The highest BCUT2D eigenvalue weighted by molar-refractivity contribution is 7.91. The molecule has 2 aromatic rings. The molecule has 2 aromatic carbocycles. The van der Waals surface area contributed by atoms with Crippen LogP contribution in [0.1, 0.15) is 10.4 Å². The number of nitrogens with zero attached hydrogens (tertiary/aromatic N) is 1. The van der Waals surface area contributed by atoms with Crippen molar-refractivity contribution in [2.24, 2.45) is 0 Å². The maximum atomic E-state index is 13.0. The summed E-state index contributed by atoms with van der Waals surface area (Å²) < 4.78 is 34.5. The number of nitrogens with two attached hydrogens (primary N) is 1. The number of carbonyl (C=O) groups excluding carboxylic acids is 1. The van der Waals surface area contributed by atoms with Crippen molar-refractivity contribution < 1.29 is 27.8 Å². The third-order valence-electron chi connectivity index (χ3n) is 4.94. The van der Waals surface area contributed by atoms with E-state index >= 15 is 0 Å². The monoisotopic (exact) mass is 420 g/mol. The van der Waals surface area contributed by atoms with Gasteiger partial charge in [-0.05, 0) is 42.5 Å². The maximum absolute atomic E-state index is 13.0. The van der Waals surface area contributed by atoms with Crippen LogP contribution in [0.5, 0.6) is 11.5 Å². The second-order valence-electron chi connectivity index (χ2n) is 6.92. The third kappa shape index (κ3) is 4.63. The van der Waals surface area contributed by atoms with Crippen molar-refractivity contribution >= 4 is 27.0 Å². The molecule has 0 aromatic heterocycles. The minimum absolute atomic E-state index is 0.114. The van der Waals surface area contributed by atoms with Crippen LogP contribution in [-0.2, 0) is 9.84 Å². The maximum Gasteiger partial charge on any atom is 0.182 e. The smallest absolute Gasteiger partial charge is 0.182 e. The van der Waals surface area contributed by atoms with Crippen molar-refractivity contribution in [3.63, 3.8) is 0 Å². The molecule has 156 valence electrons. The fraction of sp³-hybridized carbons (Fsp3) is 0.350. The fourth-order valence-corrected chi connectivity index (χ4v) is 5.23. The van der Waals surface area contributed by atoms with Gasteiger partial charge < -0.3 is 25.2 Å². The van der Waals surface area contributed by atoms with Crippen molar-refractivity contribution in [1.29, 1.82) is 0 Å². The largest absolute Gasteiger partial charge is 0.493 e. The van der Waals surface area contributed by atoms with E-state index in [9.17, 15) is 18.3 Å². The summed E-state index contributed by atoms with van der Waals surface area (Å²) in [6.45, 7) is -0.114. The van der Waals surface area contributed by atoms with Gasteiger partial charge in [0.1, 0.15) is 0 Å². The number of anilines is 2. The van der Waals surface area contributed by atoms with Crippen LogP contribution < -0.4 is 20.1 Å². The van der Waals surface area contributed by atoms with Crippen molar-refractivity contribution in [2.45, 2.75) is 12.1 Å². The first-order valence-corrected chi connectivity index (χ1v) is 10.8. The number of Topliss-reactive ketones (excluding diaryl/α,β-unsaturated/α-hetero) is 1. The van der Waals surface area contributed by atoms with Gasteiger partial charge in [-0.25, -0.2) is 8.42 Å². The molecule has 2 atom stereocenters. The Morgan fingerprint density at radius 2 is 1.76 bits per heavy atom. The number of hydrogen-bond donors (Lipinski definition) is 2. The van der Waals surface area contributed by atoms with Crippen molar-refractivity contribution in [1.82, 2.24) is 0 Å². The molecule has 8 nitrogen and oxygen atoms in total. The van der Waals surface area contributed by atoms with E-state index in [1.165, 1.54) is 14.2 Å². The molecule has 9 heteroatoms. The summed E-state index contributed by atoms with van der Waals surface area (Å²) in [5.41, 5.74) is 7.28. The van der Waals surface area contributed by atoms with E-state index in [1.54, 1.807) is 47.4 Å².